The van der Waals surface area contributed by atoms with Crippen molar-refractivity contribution < 1.29 is 28.9 Å². The van der Waals surface area contributed by atoms with Gasteiger partial charge in [-0.15, -0.1) is 0 Å². The van der Waals surface area contributed by atoms with Crippen molar-refractivity contribution in [1.29, 1.82) is 0 Å². The van der Waals surface area contributed by atoms with Gasteiger partial charge in [0.25, 0.3) is 0 Å². The number of carbonyl (C=O) groups excluding carboxylic acids is 1. The molecule has 2 N–H and O–H groups in total. The van der Waals surface area contributed by atoms with Gasteiger partial charge in [-0.3, -0.25) is 9.59 Å². The number of methoxy groups -OCH3 is 3. The summed E-state index contributed by atoms with van der Waals surface area (Å²) in [5, 5.41) is 12.1. The second-order valence-corrected chi connectivity index (χ2v) is 6.26. The zero-order valence-electron chi connectivity index (χ0n) is 16.2. The Hall–Kier alpha value is -3.06. The second-order valence-electron chi connectivity index (χ2n) is 6.26. The van der Waals surface area contributed by atoms with Crippen LogP contribution in [0.25, 0.3) is 0 Å². The molecule has 1 amide bonds. The van der Waals surface area contributed by atoms with E-state index in [4.69, 9.17) is 14.2 Å². The maximum absolute atomic E-state index is 12.6. The summed E-state index contributed by atoms with van der Waals surface area (Å²) in [5.74, 6) is -0.270. The van der Waals surface area contributed by atoms with Gasteiger partial charge < -0.3 is 24.6 Å². The molecule has 0 spiro atoms. The normalized spacial score (nSPS) is 11.5. The van der Waals surface area contributed by atoms with Crippen LogP contribution in [0.2, 0.25) is 0 Å². The number of carboxylic acids is 1. The van der Waals surface area contributed by atoms with Crippen LogP contribution in [0.1, 0.15) is 29.2 Å². The van der Waals surface area contributed by atoms with Crippen LogP contribution in [0.5, 0.6) is 11.5 Å². The molecule has 2 aromatic rings. The van der Waals surface area contributed by atoms with E-state index in [0.717, 1.165) is 11.1 Å². The lowest BCUT2D eigenvalue weighted by atomic mass is 10.0. The van der Waals surface area contributed by atoms with Crippen LogP contribution in [-0.4, -0.2) is 38.3 Å². The standard InChI is InChI=1S/C21H25NO6/c1-26-13-15-6-4-5-14(9-15)10-20(23)22-18(12-21(24)25)17-8-7-16(27-2)11-19(17)28-3/h4-9,11,18H,10,12-13H2,1-3H3,(H,22,23)(H,24,25). The predicted molar refractivity (Wildman–Crippen MR) is 104 cm³/mol. The molecule has 2 aromatic carbocycles. The lowest BCUT2D eigenvalue weighted by molar-refractivity contribution is -0.137. The number of benzene rings is 2. The molecule has 0 aromatic heterocycles. The summed E-state index contributed by atoms with van der Waals surface area (Å²) in [6, 6.07) is 11.8. The Balaban J connectivity index is 2.19. The Labute approximate surface area is 164 Å². The van der Waals surface area contributed by atoms with Crippen LogP contribution in [0.3, 0.4) is 0 Å². The summed E-state index contributed by atoms with van der Waals surface area (Å²) in [6.07, 6.45) is -0.135. The minimum atomic E-state index is -1.02. The largest absolute Gasteiger partial charge is 0.497 e. The maximum Gasteiger partial charge on any atom is 0.305 e. The number of hydrogen-bond acceptors (Lipinski definition) is 5. The third-order valence-corrected chi connectivity index (χ3v) is 4.20. The van der Waals surface area contributed by atoms with Gasteiger partial charge >= 0.3 is 5.97 Å². The average molecular weight is 387 g/mol. The first-order chi connectivity index (χ1) is 13.5. The van der Waals surface area contributed by atoms with Crippen molar-refractivity contribution in [3.8, 4) is 11.5 Å². The van der Waals surface area contributed by atoms with E-state index >= 15 is 0 Å². The van der Waals surface area contributed by atoms with Crippen molar-refractivity contribution in [2.75, 3.05) is 21.3 Å². The third kappa shape index (κ3) is 5.99. The van der Waals surface area contributed by atoms with Crippen molar-refractivity contribution in [3.05, 3.63) is 59.2 Å². The highest BCUT2D eigenvalue weighted by Crippen LogP contribution is 2.31. The molecule has 0 aliphatic carbocycles. The number of carbonyl (C=O) groups is 2. The van der Waals surface area contributed by atoms with E-state index < -0.39 is 12.0 Å². The molecule has 28 heavy (non-hydrogen) atoms. The summed E-state index contributed by atoms with van der Waals surface area (Å²) < 4.78 is 15.6. The Morgan fingerprint density at radius 2 is 1.79 bits per heavy atom. The van der Waals surface area contributed by atoms with Crippen LogP contribution >= 0.6 is 0 Å². The van der Waals surface area contributed by atoms with E-state index in [1.807, 2.05) is 24.3 Å². The highest BCUT2D eigenvalue weighted by Gasteiger charge is 2.22. The Bertz CT molecular complexity index is 820. The van der Waals surface area contributed by atoms with E-state index in [-0.39, 0.29) is 18.7 Å². The summed E-state index contributed by atoms with van der Waals surface area (Å²) in [7, 11) is 4.62. The lowest BCUT2D eigenvalue weighted by Gasteiger charge is -2.20. The summed E-state index contributed by atoms with van der Waals surface area (Å²) in [4.78, 5) is 23.9. The highest BCUT2D eigenvalue weighted by molar-refractivity contribution is 5.80. The fourth-order valence-electron chi connectivity index (χ4n) is 2.95. The molecule has 0 radical (unpaired) electrons. The molecule has 1 unspecified atom stereocenters. The molecule has 150 valence electrons. The molecule has 0 saturated carbocycles. The van der Waals surface area contributed by atoms with Gasteiger partial charge in [0.2, 0.25) is 5.91 Å². The van der Waals surface area contributed by atoms with Crippen LogP contribution in [0.15, 0.2) is 42.5 Å². The summed E-state index contributed by atoms with van der Waals surface area (Å²) in [5.41, 5.74) is 2.36. The SMILES string of the molecule is COCc1cccc(CC(=O)NC(CC(=O)O)c2ccc(OC)cc2OC)c1. The van der Waals surface area contributed by atoms with Gasteiger partial charge in [0.1, 0.15) is 11.5 Å². The van der Waals surface area contributed by atoms with Crippen LogP contribution < -0.4 is 14.8 Å². The molecule has 7 heteroatoms. The number of nitrogens with one attached hydrogen (secondary N) is 1. The van der Waals surface area contributed by atoms with Crippen molar-refractivity contribution >= 4 is 11.9 Å². The average Bonchev–Trinajstić information content (AvgIpc) is 2.67. The van der Waals surface area contributed by atoms with Gasteiger partial charge in [-0.05, 0) is 23.3 Å². The minimum Gasteiger partial charge on any atom is -0.497 e. The van der Waals surface area contributed by atoms with Crippen molar-refractivity contribution in [2.45, 2.75) is 25.5 Å². The van der Waals surface area contributed by atoms with E-state index in [1.54, 1.807) is 25.3 Å². The van der Waals surface area contributed by atoms with E-state index in [0.29, 0.717) is 23.7 Å². The number of carboxylic acid groups (broad SMARTS) is 1. The van der Waals surface area contributed by atoms with Gasteiger partial charge in [0.15, 0.2) is 0 Å². The monoisotopic (exact) mass is 387 g/mol. The second kappa shape index (κ2) is 10.3. The molecule has 0 heterocycles. The van der Waals surface area contributed by atoms with Gasteiger partial charge in [-0.25, -0.2) is 0 Å². The number of amides is 1. The molecule has 2 rings (SSSR count). The number of aliphatic carboxylic acids is 1. The Kier molecular flexibility index (Phi) is 7.83. The molecule has 0 bridgehead atoms. The molecule has 0 saturated heterocycles. The zero-order valence-corrected chi connectivity index (χ0v) is 16.2. The van der Waals surface area contributed by atoms with Gasteiger partial charge in [0, 0.05) is 18.7 Å². The minimum absolute atomic E-state index is 0.131. The van der Waals surface area contributed by atoms with E-state index in [1.165, 1.54) is 14.2 Å². The molecule has 7 nitrogen and oxygen atoms in total. The first-order valence-corrected chi connectivity index (χ1v) is 8.76. The van der Waals surface area contributed by atoms with E-state index in [9.17, 15) is 14.7 Å². The first-order valence-electron chi connectivity index (χ1n) is 8.76. The highest BCUT2D eigenvalue weighted by atomic mass is 16.5. The van der Waals surface area contributed by atoms with Crippen molar-refractivity contribution in [3.63, 3.8) is 0 Å². The summed E-state index contributed by atoms with van der Waals surface area (Å²) >= 11 is 0. The van der Waals surface area contributed by atoms with Gasteiger partial charge in [0.05, 0.1) is 39.7 Å². The number of hydrogen-bond donors (Lipinski definition) is 2. The quantitative estimate of drug-likeness (QED) is 0.651. The van der Waals surface area contributed by atoms with Crippen LogP contribution in [-0.2, 0) is 27.4 Å². The molecule has 0 aliphatic heterocycles. The fourth-order valence-corrected chi connectivity index (χ4v) is 2.95. The lowest BCUT2D eigenvalue weighted by Crippen LogP contribution is -2.31. The predicted octanol–water partition coefficient (Wildman–Crippen LogP) is 2.72. The fraction of sp³-hybridized carbons (Fsp3) is 0.333. The van der Waals surface area contributed by atoms with Crippen molar-refractivity contribution in [2.24, 2.45) is 0 Å². The molecule has 0 fully saturated rings. The molecule has 1 atom stereocenters. The molecular formula is C21H25NO6. The van der Waals surface area contributed by atoms with Crippen molar-refractivity contribution in [1.82, 2.24) is 5.32 Å². The van der Waals surface area contributed by atoms with Gasteiger partial charge in [-0.2, -0.15) is 0 Å². The number of rotatable bonds is 10. The molecule has 0 aliphatic rings. The summed E-state index contributed by atoms with van der Waals surface area (Å²) in [6.45, 7) is 0.458. The van der Waals surface area contributed by atoms with Gasteiger partial charge in [-0.1, -0.05) is 24.3 Å². The number of ether oxygens (including phenoxy) is 3. The Morgan fingerprint density at radius 1 is 1.04 bits per heavy atom. The maximum atomic E-state index is 12.6. The topological polar surface area (TPSA) is 94.1 Å². The van der Waals surface area contributed by atoms with Crippen LogP contribution in [0.4, 0.5) is 0 Å². The third-order valence-electron chi connectivity index (χ3n) is 4.20. The van der Waals surface area contributed by atoms with E-state index in [2.05, 4.69) is 5.32 Å². The smallest absolute Gasteiger partial charge is 0.305 e. The zero-order chi connectivity index (χ0) is 20.5. The Morgan fingerprint density at radius 3 is 2.43 bits per heavy atom. The van der Waals surface area contributed by atoms with Crippen LogP contribution in [0, 0.1) is 0 Å². The first kappa shape index (κ1) is 21.2. The molecular weight excluding hydrogens is 362 g/mol.